The first-order valence-electron chi connectivity index (χ1n) is 7.58. The van der Waals surface area contributed by atoms with Gasteiger partial charge in [-0.3, -0.25) is 28.9 Å². The van der Waals surface area contributed by atoms with Crippen LogP contribution in [-0.2, 0) is 33.4 Å². The predicted octanol–water partition coefficient (Wildman–Crippen LogP) is -0.990. The molecule has 24 heavy (non-hydrogen) atoms. The standard InChI is InChI=1S/C15H18N2O7/c18-11-1-2-12(19)16(11)6-8-24-10-9-23-7-5-15(22)17-13(20)3-4-14(17)21/h1-2H,3-10H2. The zero-order valence-corrected chi connectivity index (χ0v) is 13.1. The van der Waals surface area contributed by atoms with E-state index in [0.717, 1.165) is 4.90 Å². The van der Waals surface area contributed by atoms with E-state index >= 15 is 0 Å². The molecule has 0 saturated carbocycles. The van der Waals surface area contributed by atoms with Gasteiger partial charge in [-0.2, -0.15) is 0 Å². The highest BCUT2D eigenvalue weighted by Gasteiger charge is 2.33. The number of rotatable bonds is 9. The molecule has 0 aromatic carbocycles. The molecule has 130 valence electrons. The van der Waals surface area contributed by atoms with Crippen molar-refractivity contribution in [1.29, 1.82) is 0 Å². The second-order valence-electron chi connectivity index (χ2n) is 5.15. The molecule has 0 bridgehead atoms. The van der Waals surface area contributed by atoms with Gasteiger partial charge in [0.25, 0.3) is 11.8 Å². The number of ether oxygens (including phenoxy) is 2. The van der Waals surface area contributed by atoms with E-state index in [1.165, 1.54) is 12.2 Å². The molecular formula is C15H18N2O7. The van der Waals surface area contributed by atoms with E-state index in [2.05, 4.69) is 0 Å². The third-order valence-electron chi connectivity index (χ3n) is 3.49. The minimum Gasteiger partial charge on any atom is -0.379 e. The van der Waals surface area contributed by atoms with Gasteiger partial charge in [0.15, 0.2) is 0 Å². The van der Waals surface area contributed by atoms with Gasteiger partial charge in [0.1, 0.15) is 0 Å². The van der Waals surface area contributed by atoms with Crippen LogP contribution >= 0.6 is 0 Å². The number of carbonyl (C=O) groups is 5. The SMILES string of the molecule is O=C1C=CC(=O)N1CCOCCOCCC(=O)N1C(=O)CCC1=O. The van der Waals surface area contributed by atoms with Gasteiger partial charge in [0, 0.05) is 25.0 Å². The molecular weight excluding hydrogens is 320 g/mol. The first-order chi connectivity index (χ1) is 11.5. The zero-order chi connectivity index (χ0) is 17.5. The molecule has 5 amide bonds. The summed E-state index contributed by atoms with van der Waals surface area (Å²) in [5, 5.41) is 0. The average molecular weight is 338 g/mol. The molecule has 1 fully saturated rings. The van der Waals surface area contributed by atoms with Crippen LogP contribution in [0, 0.1) is 0 Å². The Labute approximate surface area is 138 Å². The fourth-order valence-electron chi connectivity index (χ4n) is 2.26. The van der Waals surface area contributed by atoms with Crippen molar-refractivity contribution in [2.45, 2.75) is 19.3 Å². The molecule has 0 radical (unpaired) electrons. The third-order valence-corrected chi connectivity index (χ3v) is 3.49. The fourth-order valence-corrected chi connectivity index (χ4v) is 2.26. The summed E-state index contributed by atoms with van der Waals surface area (Å²) < 4.78 is 10.4. The highest BCUT2D eigenvalue weighted by molar-refractivity contribution is 6.15. The lowest BCUT2D eigenvalue weighted by atomic mass is 10.4. The first kappa shape index (κ1) is 18.0. The monoisotopic (exact) mass is 338 g/mol. The van der Waals surface area contributed by atoms with E-state index in [1.54, 1.807) is 0 Å². The molecule has 0 N–H and O–H groups in total. The summed E-state index contributed by atoms with van der Waals surface area (Å²) in [6.07, 6.45) is 2.52. The van der Waals surface area contributed by atoms with Gasteiger partial charge in [0.2, 0.25) is 17.7 Å². The van der Waals surface area contributed by atoms with Crippen LogP contribution in [-0.4, -0.2) is 72.3 Å². The van der Waals surface area contributed by atoms with Crippen LogP contribution in [0.25, 0.3) is 0 Å². The summed E-state index contributed by atoms with van der Waals surface area (Å²) in [4.78, 5) is 58.7. The Morgan fingerprint density at radius 3 is 2.00 bits per heavy atom. The van der Waals surface area contributed by atoms with Crippen molar-refractivity contribution in [2.75, 3.05) is 33.0 Å². The molecule has 2 heterocycles. The van der Waals surface area contributed by atoms with E-state index < -0.39 is 17.7 Å². The van der Waals surface area contributed by atoms with Crippen LogP contribution < -0.4 is 0 Å². The number of likely N-dealkylation sites (tertiary alicyclic amines) is 1. The van der Waals surface area contributed by atoms with Gasteiger partial charge in [-0.05, 0) is 0 Å². The molecule has 9 nitrogen and oxygen atoms in total. The van der Waals surface area contributed by atoms with Crippen molar-refractivity contribution in [2.24, 2.45) is 0 Å². The summed E-state index contributed by atoms with van der Waals surface area (Å²) >= 11 is 0. The minimum absolute atomic E-state index is 0.0556. The molecule has 0 aromatic rings. The lowest BCUT2D eigenvalue weighted by Crippen LogP contribution is -2.36. The molecule has 1 saturated heterocycles. The smallest absolute Gasteiger partial charge is 0.253 e. The quantitative estimate of drug-likeness (QED) is 0.392. The summed E-state index contributed by atoms with van der Waals surface area (Å²) in [5.74, 6) is -2.20. The number of nitrogens with zero attached hydrogens (tertiary/aromatic N) is 2. The van der Waals surface area contributed by atoms with Crippen molar-refractivity contribution in [3.05, 3.63) is 12.2 Å². The molecule has 2 aliphatic heterocycles. The van der Waals surface area contributed by atoms with Crippen molar-refractivity contribution < 1.29 is 33.4 Å². The van der Waals surface area contributed by atoms with Crippen LogP contribution in [0.1, 0.15) is 19.3 Å². The Balaban J connectivity index is 1.49. The van der Waals surface area contributed by atoms with Gasteiger partial charge in [-0.1, -0.05) is 0 Å². The summed E-state index contributed by atoms with van der Waals surface area (Å²) in [6, 6.07) is 0. The van der Waals surface area contributed by atoms with Crippen LogP contribution in [0.15, 0.2) is 12.2 Å². The van der Waals surface area contributed by atoms with Crippen LogP contribution in [0.2, 0.25) is 0 Å². The fraction of sp³-hybridized carbons (Fsp3) is 0.533. The topological polar surface area (TPSA) is 110 Å². The Morgan fingerprint density at radius 1 is 0.875 bits per heavy atom. The number of imide groups is 4. The molecule has 2 rings (SSSR count). The van der Waals surface area contributed by atoms with Crippen LogP contribution in [0.4, 0.5) is 0 Å². The molecule has 0 unspecified atom stereocenters. The van der Waals surface area contributed by atoms with Gasteiger partial charge >= 0.3 is 0 Å². The second kappa shape index (κ2) is 8.46. The number of hydrogen-bond acceptors (Lipinski definition) is 7. The van der Waals surface area contributed by atoms with E-state index in [4.69, 9.17) is 9.47 Å². The lowest BCUT2D eigenvalue weighted by Gasteiger charge is -2.14. The maximum atomic E-state index is 11.7. The van der Waals surface area contributed by atoms with Gasteiger partial charge in [-0.15, -0.1) is 0 Å². The maximum Gasteiger partial charge on any atom is 0.253 e. The molecule has 0 spiro atoms. The largest absolute Gasteiger partial charge is 0.379 e. The second-order valence-corrected chi connectivity index (χ2v) is 5.15. The van der Waals surface area contributed by atoms with Crippen molar-refractivity contribution in [3.8, 4) is 0 Å². The minimum atomic E-state index is -0.554. The van der Waals surface area contributed by atoms with E-state index in [-0.39, 0.29) is 64.0 Å². The highest BCUT2D eigenvalue weighted by Crippen LogP contribution is 2.12. The third kappa shape index (κ3) is 4.56. The van der Waals surface area contributed by atoms with E-state index in [9.17, 15) is 24.0 Å². The average Bonchev–Trinajstić information content (AvgIpc) is 3.05. The van der Waals surface area contributed by atoms with Crippen molar-refractivity contribution >= 4 is 29.5 Å². The van der Waals surface area contributed by atoms with Crippen LogP contribution in [0.5, 0.6) is 0 Å². The zero-order valence-electron chi connectivity index (χ0n) is 13.1. The van der Waals surface area contributed by atoms with Crippen molar-refractivity contribution in [1.82, 2.24) is 9.80 Å². The molecule has 0 aromatic heterocycles. The van der Waals surface area contributed by atoms with Gasteiger partial charge in [0.05, 0.1) is 39.4 Å². The first-order valence-corrected chi connectivity index (χ1v) is 7.58. The van der Waals surface area contributed by atoms with E-state index in [0.29, 0.717) is 4.90 Å². The van der Waals surface area contributed by atoms with Gasteiger partial charge < -0.3 is 9.47 Å². The molecule has 9 heteroatoms. The highest BCUT2D eigenvalue weighted by atomic mass is 16.5. The normalized spacial score (nSPS) is 17.5. The van der Waals surface area contributed by atoms with Crippen molar-refractivity contribution in [3.63, 3.8) is 0 Å². The molecule has 0 atom stereocenters. The maximum absolute atomic E-state index is 11.7. The summed E-state index contributed by atoms with van der Waals surface area (Å²) in [5.41, 5.74) is 0. The van der Waals surface area contributed by atoms with Gasteiger partial charge in [-0.25, -0.2) is 4.90 Å². The van der Waals surface area contributed by atoms with E-state index in [1.807, 2.05) is 0 Å². The number of hydrogen-bond donors (Lipinski definition) is 0. The molecule has 0 aliphatic carbocycles. The Bertz CT molecular complexity index is 550. The molecule has 2 aliphatic rings. The summed E-state index contributed by atoms with van der Waals surface area (Å²) in [6.45, 7) is 0.890. The number of amides is 5. The number of carbonyl (C=O) groups excluding carboxylic acids is 5. The summed E-state index contributed by atoms with van der Waals surface area (Å²) in [7, 11) is 0. The Kier molecular flexibility index (Phi) is 6.33. The Morgan fingerprint density at radius 2 is 1.42 bits per heavy atom. The lowest BCUT2D eigenvalue weighted by molar-refractivity contribution is -0.150. The Hall–Kier alpha value is -2.39. The predicted molar refractivity (Wildman–Crippen MR) is 78.2 cm³/mol. The van der Waals surface area contributed by atoms with Crippen LogP contribution in [0.3, 0.4) is 0 Å².